The van der Waals surface area contributed by atoms with Crippen molar-refractivity contribution in [2.24, 2.45) is 4.99 Å². The first-order valence-corrected chi connectivity index (χ1v) is 8.04. The number of hydrogen-bond acceptors (Lipinski definition) is 3. The second kappa shape index (κ2) is 8.76. The van der Waals surface area contributed by atoms with Crippen molar-refractivity contribution in [3.05, 3.63) is 35.4 Å². The number of likely N-dealkylation sites (N-methyl/N-ethyl adjacent to an activating group) is 1. The van der Waals surface area contributed by atoms with E-state index < -0.39 is 0 Å². The van der Waals surface area contributed by atoms with Crippen LogP contribution in [0.4, 0.5) is 0 Å². The molecule has 2 rings (SSSR count). The summed E-state index contributed by atoms with van der Waals surface area (Å²) in [6, 6.07) is 8.52. The van der Waals surface area contributed by atoms with Gasteiger partial charge in [0.05, 0.1) is 12.7 Å². The summed E-state index contributed by atoms with van der Waals surface area (Å²) >= 11 is 0. The van der Waals surface area contributed by atoms with Gasteiger partial charge in [0.1, 0.15) is 0 Å². The van der Waals surface area contributed by atoms with Crippen molar-refractivity contribution in [2.75, 3.05) is 40.3 Å². The maximum atomic E-state index is 5.76. The Labute approximate surface area is 133 Å². The van der Waals surface area contributed by atoms with Crippen LogP contribution in [0.3, 0.4) is 0 Å². The van der Waals surface area contributed by atoms with Crippen molar-refractivity contribution < 1.29 is 4.74 Å². The Morgan fingerprint density at radius 2 is 2.09 bits per heavy atom. The van der Waals surface area contributed by atoms with Crippen LogP contribution in [-0.4, -0.2) is 57.3 Å². The van der Waals surface area contributed by atoms with Gasteiger partial charge in [-0.3, -0.25) is 4.99 Å². The number of nitrogens with one attached hydrogen (secondary N) is 2. The molecule has 5 heteroatoms. The maximum absolute atomic E-state index is 5.76. The molecule has 1 aromatic rings. The average molecular weight is 304 g/mol. The van der Waals surface area contributed by atoms with E-state index in [1.54, 1.807) is 7.05 Å². The second-order valence-corrected chi connectivity index (χ2v) is 5.68. The molecule has 0 aliphatic carbocycles. The van der Waals surface area contributed by atoms with Crippen molar-refractivity contribution in [3.63, 3.8) is 0 Å². The zero-order chi connectivity index (χ0) is 15.8. The normalized spacial score (nSPS) is 20.0. The number of aliphatic imine (C=N–C) groups is 1. The zero-order valence-electron chi connectivity index (χ0n) is 13.9. The topological polar surface area (TPSA) is 48.9 Å². The maximum Gasteiger partial charge on any atom is 0.191 e. The molecule has 0 amide bonds. The fourth-order valence-corrected chi connectivity index (χ4v) is 2.68. The molecule has 1 aromatic carbocycles. The summed E-state index contributed by atoms with van der Waals surface area (Å²) in [6.07, 6.45) is 1.27. The minimum atomic E-state index is 0.222. The SMILES string of the molecule is CCc1ccccc1CNC(=NC)NCC1CN(C)CCO1. The molecule has 0 aromatic heterocycles. The molecule has 122 valence electrons. The summed E-state index contributed by atoms with van der Waals surface area (Å²) in [6.45, 7) is 6.52. The molecule has 1 atom stereocenters. The van der Waals surface area contributed by atoms with Crippen molar-refractivity contribution in [1.82, 2.24) is 15.5 Å². The van der Waals surface area contributed by atoms with Gasteiger partial charge in [0.2, 0.25) is 0 Å². The van der Waals surface area contributed by atoms with Crippen LogP contribution >= 0.6 is 0 Å². The standard InChI is InChI=1S/C17H28N4O/c1-4-14-7-5-6-8-15(14)11-19-17(18-2)20-12-16-13-21(3)9-10-22-16/h5-8,16H,4,9-13H2,1-3H3,(H2,18,19,20). The van der Waals surface area contributed by atoms with E-state index in [0.717, 1.165) is 45.2 Å². The highest BCUT2D eigenvalue weighted by atomic mass is 16.5. The van der Waals surface area contributed by atoms with Crippen LogP contribution in [0.25, 0.3) is 0 Å². The lowest BCUT2D eigenvalue weighted by Crippen LogP contribution is -2.48. The molecule has 1 unspecified atom stereocenters. The molecule has 0 spiro atoms. The van der Waals surface area contributed by atoms with Gasteiger partial charge in [0.25, 0.3) is 0 Å². The Morgan fingerprint density at radius 1 is 1.32 bits per heavy atom. The van der Waals surface area contributed by atoms with Crippen LogP contribution in [-0.2, 0) is 17.7 Å². The van der Waals surface area contributed by atoms with Crippen molar-refractivity contribution in [1.29, 1.82) is 0 Å². The highest BCUT2D eigenvalue weighted by molar-refractivity contribution is 5.79. The number of hydrogen-bond donors (Lipinski definition) is 2. The first kappa shape index (κ1) is 16.8. The summed E-state index contributed by atoms with van der Waals surface area (Å²) in [5, 5.41) is 6.74. The van der Waals surface area contributed by atoms with Crippen LogP contribution in [0, 0.1) is 0 Å². The third-order valence-electron chi connectivity index (χ3n) is 4.01. The summed E-state index contributed by atoms with van der Waals surface area (Å²) in [7, 11) is 3.93. The number of benzene rings is 1. The summed E-state index contributed by atoms with van der Waals surface area (Å²) in [5.74, 6) is 0.822. The van der Waals surface area contributed by atoms with Gasteiger partial charge in [-0.2, -0.15) is 0 Å². The highest BCUT2D eigenvalue weighted by Gasteiger charge is 2.17. The minimum absolute atomic E-state index is 0.222. The molecule has 0 bridgehead atoms. The van der Waals surface area contributed by atoms with Gasteiger partial charge >= 0.3 is 0 Å². The molecule has 0 radical (unpaired) electrons. The molecule has 1 aliphatic heterocycles. The molecule has 1 aliphatic rings. The van der Waals surface area contributed by atoms with Crippen LogP contribution in [0.2, 0.25) is 0 Å². The lowest BCUT2D eigenvalue weighted by molar-refractivity contribution is -0.0161. The van der Waals surface area contributed by atoms with Gasteiger partial charge in [-0.15, -0.1) is 0 Å². The van der Waals surface area contributed by atoms with E-state index in [2.05, 4.69) is 58.8 Å². The summed E-state index contributed by atoms with van der Waals surface area (Å²) in [4.78, 5) is 6.58. The van der Waals surface area contributed by atoms with E-state index in [1.165, 1.54) is 11.1 Å². The van der Waals surface area contributed by atoms with Crippen molar-refractivity contribution >= 4 is 5.96 Å². The third kappa shape index (κ3) is 5.00. The van der Waals surface area contributed by atoms with E-state index in [9.17, 15) is 0 Å². The van der Waals surface area contributed by atoms with Crippen molar-refractivity contribution in [3.8, 4) is 0 Å². The monoisotopic (exact) mass is 304 g/mol. The Balaban J connectivity index is 1.80. The molecule has 1 saturated heterocycles. The van der Waals surface area contributed by atoms with E-state index in [0.29, 0.717) is 0 Å². The Bertz CT molecular complexity index is 489. The number of rotatable bonds is 5. The van der Waals surface area contributed by atoms with Gasteiger partial charge in [0, 0.05) is 33.2 Å². The predicted molar refractivity (Wildman–Crippen MR) is 91.3 cm³/mol. The molecule has 0 saturated carbocycles. The lowest BCUT2D eigenvalue weighted by atomic mass is 10.1. The minimum Gasteiger partial charge on any atom is -0.374 e. The Kier molecular flexibility index (Phi) is 6.68. The number of morpholine rings is 1. The summed E-state index contributed by atoms with van der Waals surface area (Å²) < 4.78 is 5.76. The first-order valence-electron chi connectivity index (χ1n) is 8.04. The lowest BCUT2D eigenvalue weighted by Gasteiger charge is -2.30. The molecule has 1 fully saturated rings. The van der Waals surface area contributed by atoms with E-state index in [4.69, 9.17) is 4.74 Å². The Morgan fingerprint density at radius 3 is 2.77 bits per heavy atom. The van der Waals surface area contributed by atoms with Gasteiger partial charge in [-0.05, 0) is 24.6 Å². The Hall–Kier alpha value is -1.59. The fraction of sp³-hybridized carbons (Fsp3) is 0.588. The van der Waals surface area contributed by atoms with Crippen LogP contribution < -0.4 is 10.6 Å². The molecule has 22 heavy (non-hydrogen) atoms. The van der Waals surface area contributed by atoms with Crippen LogP contribution in [0.5, 0.6) is 0 Å². The quantitative estimate of drug-likeness (QED) is 0.635. The molecule has 2 N–H and O–H groups in total. The molecule has 5 nitrogen and oxygen atoms in total. The molecular formula is C17H28N4O. The van der Waals surface area contributed by atoms with Crippen LogP contribution in [0.15, 0.2) is 29.3 Å². The average Bonchev–Trinajstić information content (AvgIpc) is 2.55. The van der Waals surface area contributed by atoms with Gasteiger partial charge in [-0.1, -0.05) is 31.2 Å². The van der Waals surface area contributed by atoms with Gasteiger partial charge < -0.3 is 20.3 Å². The molecule has 1 heterocycles. The smallest absolute Gasteiger partial charge is 0.191 e. The van der Waals surface area contributed by atoms with Gasteiger partial charge in [0.15, 0.2) is 5.96 Å². The predicted octanol–water partition coefficient (Wildman–Crippen LogP) is 1.24. The van der Waals surface area contributed by atoms with E-state index in [1.807, 2.05) is 0 Å². The van der Waals surface area contributed by atoms with E-state index in [-0.39, 0.29) is 6.10 Å². The highest BCUT2D eigenvalue weighted by Crippen LogP contribution is 2.08. The fourth-order valence-electron chi connectivity index (χ4n) is 2.68. The second-order valence-electron chi connectivity index (χ2n) is 5.68. The zero-order valence-corrected chi connectivity index (χ0v) is 13.9. The van der Waals surface area contributed by atoms with E-state index >= 15 is 0 Å². The number of guanidine groups is 1. The number of nitrogens with zero attached hydrogens (tertiary/aromatic N) is 2. The summed E-state index contributed by atoms with van der Waals surface area (Å²) in [5.41, 5.74) is 2.70. The third-order valence-corrected chi connectivity index (χ3v) is 4.01. The van der Waals surface area contributed by atoms with Gasteiger partial charge in [-0.25, -0.2) is 0 Å². The number of ether oxygens (including phenoxy) is 1. The molecular weight excluding hydrogens is 276 g/mol. The first-order chi connectivity index (χ1) is 10.7. The van der Waals surface area contributed by atoms with Crippen molar-refractivity contribution in [2.45, 2.75) is 26.0 Å². The van der Waals surface area contributed by atoms with Crippen LogP contribution in [0.1, 0.15) is 18.1 Å². The number of aryl methyl sites for hydroxylation is 1. The largest absolute Gasteiger partial charge is 0.374 e.